The number of aryl methyl sites for hydroxylation is 2. The molecule has 25 heavy (non-hydrogen) atoms. The minimum atomic E-state index is -0.256. The van der Waals surface area contributed by atoms with Crippen molar-refractivity contribution in [2.45, 2.75) is 51.2 Å². The van der Waals surface area contributed by atoms with E-state index in [1.165, 1.54) is 0 Å². The molecule has 1 aliphatic heterocycles. The van der Waals surface area contributed by atoms with E-state index in [0.717, 1.165) is 43.5 Å². The molecule has 1 N–H and O–H groups in total. The molecule has 2 aromatic rings. The summed E-state index contributed by atoms with van der Waals surface area (Å²) in [6.07, 6.45) is 4.01. The molecular formula is C16H21ClN6O2. The fourth-order valence-corrected chi connectivity index (χ4v) is 3.53. The van der Waals surface area contributed by atoms with Crippen molar-refractivity contribution in [2.24, 2.45) is 7.05 Å². The average molecular weight is 365 g/mol. The lowest BCUT2D eigenvalue weighted by atomic mass is 10.2. The van der Waals surface area contributed by atoms with E-state index in [4.69, 9.17) is 16.1 Å². The molecule has 1 aliphatic carbocycles. The second kappa shape index (κ2) is 6.42. The van der Waals surface area contributed by atoms with Gasteiger partial charge in [0.25, 0.3) is 11.7 Å². The Bertz CT molecular complexity index is 797. The number of aromatic nitrogens is 4. The first kappa shape index (κ1) is 16.5. The van der Waals surface area contributed by atoms with Crippen LogP contribution in [0.2, 0.25) is 5.15 Å². The molecule has 1 amide bonds. The zero-order chi connectivity index (χ0) is 17.6. The molecule has 0 spiro atoms. The van der Waals surface area contributed by atoms with E-state index in [2.05, 4.69) is 25.5 Å². The molecule has 134 valence electrons. The molecule has 8 nitrogen and oxygen atoms in total. The van der Waals surface area contributed by atoms with Crippen molar-refractivity contribution in [3.63, 3.8) is 0 Å². The smallest absolute Gasteiger partial charge is 0.292 e. The van der Waals surface area contributed by atoms with Gasteiger partial charge in [-0.1, -0.05) is 16.8 Å². The normalized spacial score (nSPS) is 21.0. The largest absolute Gasteiger partial charge is 0.346 e. The molecule has 2 aromatic heterocycles. The molecule has 9 heteroatoms. The van der Waals surface area contributed by atoms with Crippen LogP contribution >= 0.6 is 11.6 Å². The quantitative estimate of drug-likeness (QED) is 0.872. The number of nitrogens with zero attached hydrogens (tertiary/aromatic N) is 5. The number of hydrogen-bond acceptors (Lipinski definition) is 6. The van der Waals surface area contributed by atoms with Gasteiger partial charge in [0.05, 0.1) is 11.7 Å². The van der Waals surface area contributed by atoms with E-state index in [1.54, 1.807) is 4.68 Å². The highest BCUT2D eigenvalue weighted by Gasteiger charge is 2.33. The topological polar surface area (TPSA) is 89.1 Å². The van der Waals surface area contributed by atoms with Crippen LogP contribution in [-0.2, 0) is 13.6 Å². The fourth-order valence-electron chi connectivity index (χ4n) is 3.29. The van der Waals surface area contributed by atoms with Crippen LogP contribution in [0.5, 0.6) is 0 Å². The fraction of sp³-hybridized carbons (Fsp3) is 0.625. The third-order valence-corrected chi connectivity index (χ3v) is 5.31. The molecule has 1 saturated heterocycles. The van der Waals surface area contributed by atoms with E-state index < -0.39 is 0 Å². The Hall–Kier alpha value is -1.93. The lowest BCUT2D eigenvalue weighted by Crippen LogP contribution is -2.27. The Balaban J connectivity index is 1.49. The van der Waals surface area contributed by atoms with Crippen LogP contribution in [0, 0.1) is 6.92 Å². The van der Waals surface area contributed by atoms with Crippen LogP contribution in [-0.4, -0.2) is 43.3 Å². The Morgan fingerprint density at radius 3 is 2.88 bits per heavy atom. The second-order valence-corrected chi connectivity index (χ2v) is 7.17. The van der Waals surface area contributed by atoms with E-state index in [-0.39, 0.29) is 23.8 Å². The van der Waals surface area contributed by atoms with E-state index in [0.29, 0.717) is 17.6 Å². The molecule has 0 aromatic carbocycles. The van der Waals surface area contributed by atoms with Crippen LogP contribution in [0.25, 0.3) is 0 Å². The number of amides is 1. The van der Waals surface area contributed by atoms with Gasteiger partial charge in [-0.2, -0.15) is 10.1 Å². The van der Waals surface area contributed by atoms with Gasteiger partial charge in [-0.15, -0.1) is 0 Å². The molecule has 0 unspecified atom stereocenters. The number of likely N-dealkylation sites (tertiary alicyclic amines) is 1. The van der Waals surface area contributed by atoms with Gasteiger partial charge in [0.2, 0.25) is 5.89 Å². The Morgan fingerprint density at radius 1 is 1.40 bits per heavy atom. The summed E-state index contributed by atoms with van der Waals surface area (Å²) in [5.41, 5.74) is 1.94. The summed E-state index contributed by atoms with van der Waals surface area (Å²) in [5, 5.41) is 11.7. The highest BCUT2D eigenvalue weighted by molar-refractivity contribution is 6.30. The number of rotatable bonds is 5. The van der Waals surface area contributed by atoms with Gasteiger partial charge in [-0.05, 0) is 39.2 Å². The maximum atomic E-state index is 12.0. The summed E-state index contributed by atoms with van der Waals surface area (Å²) < 4.78 is 7.07. The lowest BCUT2D eigenvalue weighted by Gasteiger charge is -2.21. The zero-order valence-electron chi connectivity index (χ0n) is 14.3. The van der Waals surface area contributed by atoms with E-state index in [1.807, 2.05) is 14.0 Å². The number of nitrogens with one attached hydrogen (secondary N) is 1. The van der Waals surface area contributed by atoms with Gasteiger partial charge >= 0.3 is 0 Å². The number of carbonyl (C=O) groups excluding carboxylic acids is 1. The first-order valence-corrected chi connectivity index (χ1v) is 8.97. The van der Waals surface area contributed by atoms with Gasteiger partial charge in [0, 0.05) is 25.2 Å². The summed E-state index contributed by atoms with van der Waals surface area (Å²) in [7, 11) is 1.84. The summed E-state index contributed by atoms with van der Waals surface area (Å²) >= 11 is 6.36. The average Bonchev–Trinajstić information content (AvgIpc) is 2.99. The van der Waals surface area contributed by atoms with Crippen LogP contribution in [0.1, 0.15) is 59.5 Å². The minimum absolute atomic E-state index is 0.00523. The molecule has 1 atom stereocenters. The SMILES string of the molecule is Cc1nn(C)c(Cl)c1CN1CCC[C@@H]1c1nc(C(=O)NC2CC2)no1. The van der Waals surface area contributed by atoms with Crippen LogP contribution < -0.4 is 5.32 Å². The van der Waals surface area contributed by atoms with Crippen LogP contribution in [0.15, 0.2) is 4.52 Å². The van der Waals surface area contributed by atoms with Crippen molar-refractivity contribution in [2.75, 3.05) is 6.54 Å². The summed E-state index contributed by atoms with van der Waals surface area (Å²) in [6.45, 7) is 3.55. The molecule has 1 saturated carbocycles. The molecular weight excluding hydrogens is 344 g/mol. The van der Waals surface area contributed by atoms with Gasteiger partial charge in [0.15, 0.2) is 0 Å². The Labute approximate surface area is 150 Å². The molecule has 2 fully saturated rings. The highest BCUT2D eigenvalue weighted by atomic mass is 35.5. The zero-order valence-corrected chi connectivity index (χ0v) is 15.1. The summed E-state index contributed by atoms with van der Waals surface area (Å²) in [4.78, 5) is 18.6. The third kappa shape index (κ3) is 3.28. The third-order valence-electron chi connectivity index (χ3n) is 4.84. The molecule has 3 heterocycles. The first-order chi connectivity index (χ1) is 12.0. The molecule has 2 aliphatic rings. The Morgan fingerprint density at radius 2 is 2.20 bits per heavy atom. The summed E-state index contributed by atoms with van der Waals surface area (Å²) in [6, 6.07) is 0.277. The predicted molar refractivity (Wildman–Crippen MR) is 90.1 cm³/mol. The van der Waals surface area contributed by atoms with Crippen molar-refractivity contribution in [3.8, 4) is 0 Å². The molecule has 0 bridgehead atoms. The lowest BCUT2D eigenvalue weighted by molar-refractivity contribution is 0.0937. The predicted octanol–water partition coefficient (Wildman–Crippen LogP) is 1.99. The Kier molecular flexibility index (Phi) is 4.24. The molecule has 4 rings (SSSR count). The van der Waals surface area contributed by atoms with Crippen molar-refractivity contribution in [1.29, 1.82) is 0 Å². The van der Waals surface area contributed by atoms with Gasteiger partial charge in [-0.3, -0.25) is 14.4 Å². The number of carbonyl (C=O) groups is 1. The minimum Gasteiger partial charge on any atom is -0.346 e. The maximum absolute atomic E-state index is 12.0. The monoisotopic (exact) mass is 364 g/mol. The summed E-state index contributed by atoms with van der Waals surface area (Å²) in [5.74, 6) is 0.355. The van der Waals surface area contributed by atoms with Crippen LogP contribution in [0.4, 0.5) is 0 Å². The maximum Gasteiger partial charge on any atom is 0.292 e. The van der Waals surface area contributed by atoms with E-state index in [9.17, 15) is 4.79 Å². The van der Waals surface area contributed by atoms with Gasteiger partial charge in [0.1, 0.15) is 5.15 Å². The standard InChI is InChI=1S/C16H21ClN6O2/c1-9-11(13(17)22(2)20-9)8-23-7-3-4-12(23)16-19-14(21-25-16)15(24)18-10-5-6-10/h10,12H,3-8H2,1-2H3,(H,18,24)/t12-/m1/s1. The van der Waals surface area contributed by atoms with Crippen molar-refractivity contribution in [3.05, 3.63) is 28.1 Å². The van der Waals surface area contributed by atoms with Crippen LogP contribution in [0.3, 0.4) is 0 Å². The number of hydrogen-bond donors (Lipinski definition) is 1. The van der Waals surface area contributed by atoms with Crippen molar-refractivity contribution >= 4 is 17.5 Å². The van der Waals surface area contributed by atoms with Crippen molar-refractivity contribution < 1.29 is 9.32 Å². The van der Waals surface area contributed by atoms with Gasteiger partial charge in [-0.25, -0.2) is 0 Å². The second-order valence-electron chi connectivity index (χ2n) is 6.81. The highest BCUT2D eigenvalue weighted by Crippen LogP contribution is 2.34. The number of halogens is 1. The molecule has 0 radical (unpaired) electrons. The first-order valence-electron chi connectivity index (χ1n) is 8.59. The van der Waals surface area contributed by atoms with Gasteiger partial charge < -0.3 is 9.84 Å². The van der Waals surface area contributed by atoms with E-state index >= 15 is 0 Å². The van der Waals surface area contributed by atoms with Crippen molar-refractivity contribution in [1.82, 2.24) is 30.1 Å².